The van der Waals surface area contributed by atoms with Crippen molar-refractivity contribution in [3.8, 4) is 11.5 Å². The maximum absolute atomic E-state index is 12.9. The lowest BCUT2D eigenvalue weighted by molar-refractivity contribution is -0.131. The number of rotatable bonds is 6. The summed E-state index contributed by atoms with van der Waals surface area (Å²) in [5, 5.41) is 3.39. The van der Waals surface area contributed by atoms with Crippen LogP contribution in [0, 0.1) is 0 Å². The van der Waals surface area contributed by atoms with Crippen LogP contribution in [-0.4, -0.2) is 50.4 Å². The zero-order valence-corrected chi connectivity index (χ0v) is 15.9. The van der Waals surface area contributed by atoms with Crippen LogP contribution in [0.1, 0.15) is 11.6 Å². The van der Waals surface area contributed by atoms with Gasteiger partial charge in [-0.2, -0.15) is 0 Å². The van der Waals surface area contributed by atoms with Gasteiger partial charge in [0.05, 0.1) is 26.0 Å². The Kier molecular flexibility index (Phi) is 6.41. The number of piperazine rings is 1. The summed E-state index contributed by atoms with van der Waals surface area (Å²) in [5.74, 6) is 2.20. The number of hydrogen-bond donors (Lipinski definition) is 1. The first-order valence-corrected chi connectivity index (χ1v) is 9.61. The minimum Gasteiger partial charge on any atom is -0.497 e. The second-order valence-corrected chi connectivity index (χ2v) is 7.06. The van der Waals surface area contributed by atoms with Crippen molar-refractivity contribution >= 4 is 17.7 Å². The summed E-state index contributed by atoms with van der Waals surface area (Å²) < 4.78 is 10.7. The van der Waals surface area contributed by atoms with Gasteiger partial charge >= 0.3 is 0 Å². The number of methoxy groups -OCH3 is 2. The molecular weight excluding hydrogens is 348 g/mol. The number of nitrogens with one attached hydrogen (secondary N) is 1. The van der Waals surface area contributed by atoms with E-state index in [0.29, 0.717) is 12.3 Å². The lowest BCUT2D eigenvalue weighted by Gasteiger charge is -2.37. The van der Waals surface area contributed by atoms with E-state index in [1.807, 2.05) is 53.4 Å². The normalized spacial score (nSPS) is 17.0. The highest BCUT2D eigenvalue weighted by Gasteiger charge is 2.29. The van der Waals surface area contributed by atoms with Crippen molar-refractivity contribution in [1.82, 2.24) is 10.2 Å². The van der Waals surface area contributed by atoms with E-state index < -0.39 is 0 Å². The number of para-hydroxylation sites is 1. The fourth-order valence-corrected chi connectivity index (χ4v) is 3.91. The largest absolute Gasteiger partial charge is 0.497 e. The van der Waals surface area contributed by atoms with Crippen LogP contribution in [0.2, 0.25) is 0 Å². The molecule has 0 bridgehead atoms. The lowest BCUT2D eigenvalue weighted by atomic mass is 10.0. The van der Waals surface area contributed by atoms with Crippen LogP contribution in [-0.2, 0) is 4.79 Å². The standard InChI is InChI=1S/C20H24N2O3S/c1-24-15-7-9-16(10-8-15)26-14-20(23)22-12-11-21-13-18(22)17-5-3-4-6-19(17)25-2/h3-10,18,21H,11-14H2,1-2H3. The molecule has 1 atom stereocenters. The molecule has 138 valence electrons. The van der Waals surface area contributed by atoms with Gasteiger partial charge in [0.25, 0.3) is 0 Å². The van der Waals surface area contributed by atoms with Crippen molar-refractivity contribution in [1.29, 1.82) is 0 Å². The molecule has 5 nitrogen and oxygen atoms in total. The third kappa shape index (κ3) is 4.31. The van der Waals surface area contributed by atoms with E-state index in [1.54, 1.807) is 26.0 Å². The molecule has 2 aromatic rings. The number of carbonyl (C=O) groups is 1. The van der Waals surface area contributed by atoms with E-state index in [4.69, 9.17) is 9.47 Å². The first kappa shape index (κ1) is 18.6. The molecule has 1 saturated heterocycles. The van der Waals surface area contributed by atoms with Gasteiger partial charge in [0.1, 0.15) is 11.5 Å². The molecule has 0 aromatic heterocycles. The van der Waals surface area contributed by atoms with Crippen molar-refractivity contribution in [3.63, 3.8) is 0 Å². The number of ether oxygens (including phenoxy) is 2. The molecule has 3 rings (SSSR count). The Morgan fingerprint density at radius 1 is 1.15 bits per heavy atom. The van der Waals surface area contributed by atoms with Crippen molar-refractivity contribution in [2.24, 2.45) is 0 Å². The van der Waals surface area contributed by atoms with Crippen molar-refractivity contribution in [3.05, 3.63) is 54.1 Å². The van der Waals surface area contributed by atoms with Crippen LogP contribution in [0.5, 0.6) is 11.5 Å². The Labute approximate surface area is 158 Å². The van der Waals surface area contributed by atoms with Gasteiger partial charge in [-0.3, -0.25) is 4.79 Å². The number of hydrogen-bond acceptors (Lipinski definition) is 5. The Balaban J connectivity index is 1.69. The molecule has 1 N–H and O–H groups in total. The van der Waals surface area contributed by atoms with Crippen LogP contribution in [0.3, 0.4) is 0 Å². The summed E-state index contributed by atoms with van der Waals surface area (Å²) >= 11 is 1.55. The minimum atomic E-state index is -0.0103. The molecule has 1 aliphatic rings. The smallest absolute Gasteiger partial charge is 0.233 e. The highest BCUT2D eigenvalue weighted by atomic mass is 32.2. The van der Waals surface area contributed by atoms with Gasteiger partial charge in [-0.25, -0.2) is 0 Å². The van der Waals surface area contributed by atoms with Gasteiger partial charge in [0.2, 0.25) is 5.91 Å². The van der Waals surface area contributed by atoms with Crippen LogP contribution in [0.4, 0.5) is 0 Å². The van der Waals surface area contributed by atoms with Gasteiger partial charge in [-0.05, 0) is 30.3 Å². The maximum atomic E-state index is 12.9. The molecule has 1 unspecified atom stereocenters. The van der Waals surface area contributed by atoms with Crippen molar-refractivity contribution < 1.29 is 14.3 Å². The Bertz CT molecular complexity index is 736. The zero-order chi connectivity index (χ0) is 18.4. The summed E-state index contributed by atoms with van der Waals surface area (Å²) in [6.07, 6.45) is 0. The molecule has 0 saturated carbocycles. The number of amides is 1. The van der Waals surface area contributed by atoms with Gasteiger partial charge in [0.15, 0.2) is 0 Å². The average Bonchev–Trinajstić information content (AvgIpc) is 2.72. The van der Waals surface area contributed by atoms with E-state index in [9.17, 15) is 4.79 Å². The van der Waals surface area contributed by atoms with E-state index in [2.05, 4.69) is 5.32 Å². The minimum absolute atomic E-state index is 0.0103. The van der Waals surface area contributed by atoms with Gasteiger partial charge < -0.3 is 19.7 Å². The van der Waals surface area contributed by atoms with E-state index in [1.165, 1.54) is 0 Å². The maximum Gasteiger partial charge on any atom is 0.233 e. The molecule has 2 aromatic carbocycles. The highest BCUT2D eigenvalue weighted by molar-refractivity contribution is 8.00. The molecule has 6 heteroatoms. The highest BCUT2D eigenvalue weighted by Crippen LogP contribution is 2.31. The SMILES string of the molecule is COc1ccc(SCC(=O)N2CCNCC2c2ccccc2OC)cc1. The van der Waals surface area contributed by atoms with Crippen LogP contribution in [0.25, 0.3) is 0 Å². The lowest BCUT2D eigenvalue weighted by Crippen LogP contribution is -2.49. The third-order valence-electron chi connectivity index (χ3n) is 4.48. The van der Waals surface area contributed by atoms with Gasteiger partial charge in [-0.1, -0.05) is 18.2 Å². The number of benzene rings is 2. The number of thioether (sulfide) groups is 1. The van der Waals surface area contributed by atoms with Gasteiger partial charge in [0, 0.05) is 30.1 Å². The van der Waals surface area contributed by atoms with Crippen LogP contribution >= 0.6 is 11.8 Å². The first-order chi connectivity index (χ1) is 12.7. The van der Waals surface area contributed by atoms with Crippen molar-refractivity contribution in [2.45, 2.75) is 10.9 Å². The predicted molar refractivity (Wildman–Crippen MR) is 104 cm³/mol. The second kappa shape index (κ2) is 8.96. The predicted octanol–water partition coefficient (Wildman–Crippen LogP) is 2.97. The molecule has 1 heterocycles. The van der Waals surface area contributed by atoms with E-state index >= 15 is 0 Å². The van der Waals surface area contributed by atoms with Crippen LogP contribution < -0.4 is 14.8 Å². The van der Waals surface area contributed by atoms with Gasteiger partial charge in [-0.15, -0.1) is 11.8 Å². The molecule has 0 spiro atoms. The Morgan fingerprint density at radius 3 is 2.65 bits per heavy atom. The monoisotopic (exact) mass is 372 g/mol. The number of carbonyl (C=O) groups excluding carboxylic acids is 1. The van der Waals surface area contributed by atoms with Crippen molar-refractivity contribution in [2.75, 3.05) is 39.6 Å². The number of nitrogens with zero attached hydrogens (tertiary/aromatic N) is 1. The molecule has 1 amide bonds. The Morgan fingerprint density at radius 2 is 1.92 bits per heavy atom. The molecule has 1 fully saturated rings. The Hall–Kier alpha value is -2.18. The summed E-state index contributed by atoms with van der Waals surface area (Å²) in [4.78, 5) is 15.9. The quantitative estimate of drug-likeness (QED) is 0.790. The third-order valence-corrected chi connectivity index (χ3v) is 5.48. The zero-order valence-electron chi connectivity index (χ0n) is 15.1. The average molecular weight is 372 g/mol. The molecule has 0 aliphatic carbocycles. The fourth-order valence-electron chi connectivity index (χ4n) is 3.12. The van der Waals surface area contributed by atoms with Crippen LogP contribution in [0.15, 0.2) is 53.4 Å². The topological polar surface area (TPSA) is 50.8 Å². The van der Waals surface area contributed by atoms with E-state index in [0.717, 1.165) is 35.0 Å². The van der Waals surface area contributed by atoms with E-state index in [-0.39, 0.29) is 11.9 Å². The summed E-state index contributed by atoms with van der Waals surface area (Å²) in [6, 6.07) is 15.7. The molecule has 26 heavy (non-hydrogen) atoms. The summed E-state index contributed by atoms with van der Waals surface area (Å²) in [6.45, 7) is 2.24. The summed E-state index contributed by atoms with van der Waals surface area (Å²) in [7, 11) is 3.31. The second-order valence-electron chi connectivity index (χ2n) is 6.01. The molecule has 0 radical (unpaired) electrons. The first-order valence-electron chi connectivity index (χ1n) is 8.63. The summed E-state index contributed by atoms with van der Waals surface area (Å²) in [5.41, 5.74) is 1.05. The molecular formula is C20H24N2O3S. The molecule has 1 aliphatic heterocycles. The fraction of sp³-hybridized carbons (Fsp3) is 0.350.